The van der Waals surface area contributed by atoms with Gasteiger partial charge in [0.05, 0.1) is 10.6 Å². The van der Waals surface area contributed by atoms with E-state index in [0.29, 0.717) is 12.1 Å². The molecule has 1 aliphatic carbocycles. The van der Waals surface area contributed by atoms with Crippen molar-refractivity contribution in [2.24, 2.45) is 0 Å². The maximum Gasteiger partial charge on any atom is 0.411 e. The number of nitrogens with one attached hydrogen (secondary N) is 2. The summed E-state index contributed by atoms with van der Waals surface area (Å²) < 4.78 is 19.3. The zero-order valence-electron chi connectivity index (χ0n) is 14.6. The number of carbonyl (C=O) groups is 2. The molecule has 0 aliphatic heterocycles. The summed E-state index contributed by atoms with van der Waals surface area (Å²) >= 11 is 5.94. The molecule has 2 unspecified atom stereocenters. The van der Waals surface area contributed by atoms with E-state index in [0.717, 1.165) is 19.3 Å². The lowest BCUT2D eigenvalue weighted by molar-refractivity contribution is 0.0711. The van der Waals surface area contributed by atoms with Crippen molar-refractivity contribution in [3.63, 3.8) is 0 Å². The minimum atomic E-state index is -0.661. The molecule has 2 N–H and O–H groups in total. The van der Waals surface area contributed by atoms with Crippen LogP contribution in [0.2, 0.25) is 5.02 Å². The van der Waals surface area contributed by atoms with Crippen LogP contribution in [0.4, 0.5) is 14.9 Å². The fourth-order valence-corrected chi connectivity index (χ4v) is 3.42. The summed E-state index contributed by atoms with van der Waals surface area (Å²) in [4.78, 5) is 24.4. The van der Waals surface area contributed by atoms with Gasteiger partial charge in [0.2, 0.25) is 0 Å². The molecule has 1 fully saturated rings. The number of amides is 2. The predicted molar refractivity (Wildman–Crippen MR) is 101 cm³/mol. The molecule has 2 aromatic carbocycles. The summed E-state index contributed by atoms with van der Waals surface area (Å²) in [7, 11) is 0. The first kappa shape index (κ1) is 19.2. The van der Waals surface area contributed by atoms with Gasteiger partial charge in [-0.2, -0.15) is 0 Å². The van der Waals surface area contributed by atoms with Crippen molar-refractivity contribution in [3.05, 3.63) is 64.9 Å². The standard InChI is InChI=1S/C20H20ClFN2O3/c21-16-10-5-11-17(22)18(16)19(25)23-14-8-4-9-15(12-14)27-20(26)24-13-6-2-1-3-7-13/h1-3,5-7,10-11,14-15H,4,8-9,12H2,(H,23,25)(H,24,26). The SMILES string of the molecule is O=C(Nc1ccccc1)OC1CCCC(NC(=O)c2c(F)cccc2Cl)C1. The van der Waals surface area contributed by atoms with E-state index < -0.39 is 17.8 Å². The van der Waals surface area contributed by atoms with Gasteiger partial charge in [-0.3, -0.25) is 10.1 Å². The maximum absolute atomic E-state index is 13.9. The Morgan fingerprint density at radius 2 is 1.85 bits per heavy atom. The van der Waals surface area contributed by atoms with Crippen LogP contribution in [0.3, 0.4) is 0 Å². The molecule has 1 aliphatic rings. The van der Waals surface area contributed by atoms with Crippen molar-refractivity contribution >= 4 is 29.3 Å². The first-order valence-electron chi connectivity index (χ1n) is 8.80. The molecule has 5 nitrogen and oxygen atoms in total. The minimum Gasteiger partial charge on any atom is -0.446 e. The normalized spacial score (nSPS) is 19.2. The second-order valence-corrected chi connectivity index (χ2v) is 6.86. The number of hydrogen-bond acceptors (Lipinski definition) is 3. The summed E-state index contributed by atoms with van der Waals surface area (Å²) in [6.07, 6.45) is 1.87. The molecule has 142 valence electrons. The van der Waals surface area contributed by atoms with E-state index >= 15 is 0 Å². The highest BCUT2D eigenvalue weighted by Crippen LogP contribution is 2.24. The monoisotopic (exact) mass is 390 g/mol. The Balaban J connectivity index is 1.55. The van der Waals surface area contributed by atoms with Crippen molar-refractivity contribution < 1.29 is 18.7 Å². The summed E-state index contributed by atoms with van der Waals surface area (Å²) in [6, 6.07) is 12.9. The molecule has 2 atom stereocenters. The average molecular weight is 391 g/mol. The Hall–Kier alpha value is -2.60. The molecule has 0 radical (unpaired) electrons. The smallest absolute Gasteiger partial charge is 0.411 e. The largest absolute Gasteiger partial charge is 0.446 e. The van der Waals surface area contributed by atoms with Crippen LogP contribution >= 0.6 is 11.6 Å². The Morgan fingerprint density at radius 3 is 2.59 bits per heavy atom. The van der Waals surface area contributed by atoms with E-state index in [1.54, 1.807) is 12.1 Å². The molecule has 0 heterocycles. The average Bonchev–Trinajstić information content (AvgIpc) is 2.62. The summed E-state index contributed by atoms with van der Waals surface area (Å²) in [5.41, 5.74) is 0.487. The highest BCUT2D eigenvalue weighted by Gasteiger charge is 2.27. The number of benzene rings is 2. The van der Waals surface area contributed by atoms with Gasteiger partial charge in [0, 0.05) is 18.2 Å². The van der Waals surface area contributed by atoms with Gasteiger partial charge >= 0.3 is 6.09 Å². The Morgan fingerprint density at radius 1 is 1.07 bits per heavy atom. The highest BCUT2D eigenvalue weighted by atomic mass is 35.5. The molecule has 0 bridgehead atoms. The van der Waals surface area contributed by atoms with Gasteiger partial charge in [0.15, 0.2) is 0 Å². The number of rotatable bonds is 4. The van der Waals surface area contributed by atoms with Crippen molar-refractivity contribution in [2.75, 3.05) is 5.32 Å². The van der Waals surface area contributed by atoms with Crippen LogP contribution in [0.5, 0.6) is 0 Å². The fraction of sp³-hybridized carbons (Fsp3) is 0.300. The maximum atomic E-state index is 13.9. The van der Waals surface area contributed by atoms with Crippen LogP contribution in [0.1, 0.15) is 36.0 Å². The zero-order valence-corrected chi connectivity index (χ0v) is 15.3. The molecule has 7 heteroatoms. The van der Waals surface area contributed by atoms with E-state index in [4.69, 9.17) is 16.3 Å². The quantitative estimate of drug-likeness (QED) is 0.790. The molecule has 1 saturated carbocycles. The predicted octanol–water partition coefficient (Wildman–Crippen LogP) is 4.77. The minimum absolute atomic E-state index is 0.0679. The number of para-hydroxylation sites is 1. The van der Waals surface area contributed by atoms with Gasteiger partial charge in [-0.1, -0.05) is 35.9 Å². The molecule has 0 spiro atoms. The number of anilines is 1. The van der Waals surface area contributed by atoms with Gasteiger partial charge in [-0.05, 0) is 43.5 Å². The molecule has 27 heavy (non-hydrogen) atoms. The van der Waals surface area contributed by atoms with Crippen LogP contribution in [0.25, 0.3) is 0 Å². The number of ether oxygens (including phenoxy) is 1. The van der Waals surface area contributed by atoms with Crippen LogP contribution in [-0.2, 0) is 4.74 Å². The number of halogens is 2. The van der Waals surface area contributed by atoms with Crippen molar-refractivity contribution in [1.82, 2.24) is 5.32 Å². The van der Waals surface area contributed by atoms with Crippen molar-refractivity contribution in [1.29, 1.82) is 0 Å². The molecule has 3 rings (SSSR count). The zero-order chi connectivity index (χ0) is 19.2. The van der Waals surface area contributed by atoms with E-state index in [9.17, 15) is 14.0 Å². The second-order valence-electron chi connectivity index (χ2n) is 6.45. The number of hydrogen-bond donors (Lipinski definition) is 2. The summed E-state index contributed by atoms with van der Waals surface area (Å²) in [5.74, 6) is -1.22. The lowest BCUT2D eigenvalue weighted by Crippen LogP contribution is -2.41. The first-order chi connectivity index (χ1) is 13.0. The Bertz CT molecular complexity index is 796. The van der Waals surface area contributed by atoms with E-state index in [-0.39, 0.29) is 22.7 Å². The van der Waals surface area contributed by atoms with E-state index in [1.807, 2.05) is 18.2 Å². The molecular formula is C20H20ClFN2O3. The second kappa shape index (κ2) is 8.86. The molecule has 0 aromatic heterocycles. The highest BCUT2D eigenvalue weighted by molar-refractivity contribution is 6.33. The third kappa shape index (κ3) is 5.20. The lowest BCUT2D eigenvalue weighted by atomic mass is 9.92. The van der Waals surface area contributed by atoms with Gasteiger partial charge in [0.1, 0.15) is 11.9 Å². The molecule has 2 aromatic rings. The lowest BCUT2D eigenvalue weighted by Gasteiger charge is -2.29. The van der Waals surface area contributed by atoms with Crippen LogP contribution in [0.15, 0.2) is 48.5 Å². The van der Waals surface area contributed by atoms with Gasteiger partial charge in [-0.15, -0.1) is 0 Å². The van der Waals surface area contributed by atoms with Gasteiger partial charge in [0.25, 0.3) is 5.91 Å². The van der Waals surface area contributed by atoms with Gasteiger partial charge in [-0.25, -0.2) is 9.18 Å². The van der Waals surface area contributed by atoms with Crippen molar-refractivity contribution in [2.45, 2.75) is 37.8 Å². The molecule has 2 amide bonds. The Labute approximate surface area is 161 Å². The Kier molecular flexibility index (Phi) is 6.29. The van der Waals surface area contributed by atoms with Crippen LogP contribution < -0.4 is 10.6 Å². The van der Waals surface area contributed by atoms with Gasteiger partial charge < -0.3 is 10.1 Å². The molecular weight excluding hydrogens is 371 g/mol. The van der Waals surface area contributed by atoms with Crippen LogP contribution in [0, 0.1) is 5.82 Å². The third-order valence-electron chi connectivity index (χ3n) is 4.45. The third-order valence-corrected chi connectivity index (χ3v) is 4.76. The van der Waals surface area contributed by atoms with Crippen molar-refractivity contribution in [3.8, 4) is 0 Å². The van der Waals surface area contributed by atoms with E-state index in [2.05, 4.69) is 10.6 Å². The first-order valence-corrected chi connectivity index (χ1v) is 9.18. The molecule has 0 saturated heterocycles. The van der Waals surface area contributed by atoms with E-state index in [1.165, 1.54) is 18.2 Å². The topological polar surface area (TPSA) is 67.4 Å². The number of carbonyl (C=O) groups excluding carboxylic acids is 2. The summed E-state index contributed by atoms with van der Waals surface area (Å²) in [5, 5.41) is 5.53. The summed E-state index contributed by atoms with van der Waals surface area (Å²) in [6.45, 7) is 0. The van der Waals surface area contributed by atoms with Crippen LogP contribution in [-0.4, -0.2) is 24.1 Å². The fourth-order valence-electron chi connectivity index (χ4n) is 3.18.